The third kappa shape index (κ3) is 4.65. The predicted octanol–water partition coefficient (Wildman–Crippen LogP) is 4.73. The summed E-state index contributed by atoms with van der Waals surface area (Å²) in [7, 11) is 0. The van der Waals surface area contributed by atoms with Crippen LogP contribution in [-0.2, 0) is 11.2 Å². The van der Waals surface area contributed by atoms with E-state index >= 15 is 0 Å². The first-order valence-electron chi connectivity index (χ1n) is 8.25. The maximum atomic E-state index is 12.1. The number of nitrogens with one attached hydrogen (secondary N) is 2. The highest BCUT2D eigenvalue weighted by molar-refractivity contribution is 7.99. The van der Waals surface area contributed by atoms with Crippen LogP contribution in [0.15, 0.2) is 47.6 Å². The van der Waals surface area contributed by atoms with Gasteiger partial charge in [0.15, 0.2) is 5.82 Å². The summed E-state index contributed by atoms with van der Waals surface area (Å²) < 4.78 is 0. The maximum absolute atomic E-state index is 12.1. The number of nitrogens with zero attached hydrogens (tertiary/aromatic N) is 2. The molecule has 134 valence electrons. The number of hydrogen-bond acceptors (Lipinski definition) is 4. The molecule has 0 fully saturated rings. The third-order valence-corrected chi connectivity index (χ3v) is 4.99. The van der Waals surface area contributed by atoms with Gasteiger partial charge in [-0.1, -0.05) is 60.6 Å². The lowest BCUT2D eigenvalue weighted by molar-refractivity contribution is -0.113. The quantitative estimate of drug-likeness (QED) is 0.601. The lowest BCUT2D eigenvalue weighted by Gasteiger charge is -2.06. The lowest BCUT2D eigenvalue weighted by atomic mass is 10.1. The van der Waals surface area contributed by atoms with E-state index in [1.54, 1.807) is 6.07 Å². The van der Waals surface area contributed by atoms with Crippen molar-refractivity contribution in [2.45, 2.75) is 25.4 Å². The molecule has 0 atom stereocenters. The first-order chi connectivity index (χ1) is 12.5. The zero-order valence-electron chi connectivity index (χ0n) is 14.5. The Morgan fingerprint density at radius 1 is 1.23 bits per heavy atom. The molecule has 1 aromatic heterocycles. The van der Waals surface area contributed by atoms with Crippen molar-refractivity contribution in [2.24, 2.45) is 0 Å². The number of thioether (sulfide) groups is 1. The number of anilines is 1. The van der Waals surface area contributed by atoms with Gasteiger partial charge in [0.25, 0.3) is 0 Å². The fourth-order valence-electron chi connectivity index (χ4n) is 2.38. The highest BCUT2D eigenvalue weighted by atomic mass is 35.5. The monoisotopic (exact) mass is 386 g/mol. The second kappa shape index (κ2) is 8.38. The van der Waals surface area contributed by atoms with Crippen LogP contribution in [0.4, 0.5) is 5.69 Å². The van der Waals surface area contributed by atoms with Gasteiger partial charge >= 0.3 is 0 Å². The maximum Gasteiger partial charge on any atom is 0.234 e. The summed E-state index contributed by atoms with van der Waals surface area (Å²) in [6, 6.07) is 13.7. The van der Waals surface area contributed by atoms with Crippen LogP contribution in [-0.4, -0.2) is 26.8 Å². The van der Waals surface area contributed by atoms with Crippen LogP contribution in [0.1, 0.15) is 18.1 Å². The second-order valence-corrected chi connectivity index (χ2v) is 7.19. The van der Waals surface area contributed by atoms with Crippen molar-refractivity contribution in [3.63, 3.8) is 0 Å². The van der Waals surface area contributed by atoms with Crippen LogP contribution in [0.2, 0.25) is 5.02 Å². The molecule has 3 aromatic rings. The molecule has 0 saturated heterocycles. The molecule has 5 nitrogen and oxygen atoms in total. The zero-order valence-corrected chi connectivity index (χ0v) is 16.1. The molecule has 0 aliphatic carbocycles. The molecule has 0 unspecified atom stereocenters. The molecule has 2 N–H and O–H groups in total. The van der Waals surface area contributed by atoms with Crippen LogP contribution >= 0.6 is 23.4 Å². The van der Waals surface area contributed by atoms with Gasteiger partial charge in [-0.15, -0.1) is 5.10 Å². The van der Waals surface area contributed by atoms with E-state index in [9.17, 15) is 4.79 Å². The number of aromatic amines is 1. The van der Waals surface area contributed by atoms with Gasteiger partial charge in [-0.2, -0.15) is 0 Å². The van der Waals surface area contributed by atoms with Crippen LogP contribution in [0.5, 0.6) is 0 Å². The second-order valence-electron chi connectivity index (χ2n) is 5.84. The van der Waals surface area contributed by atoms with Crippen LogP contribution in [0.25, 0.3) is 11.4 Å². The summed E-state index contributed by atoms with van der Waals surface area (Å²) >= 11 is 7.40. The molecular weight excluding hydrogens is 368 g/mol. The number of aromatic nitrogens is 3. The highest BCUT2D eigenvalue weighted by Crippen LogP contribution is 2.24. The van der Waals surface area contributed by atoms with Crippen molar-refractivity contribution < 1.29 is 4.79 Å². The zero-order chi connectivity index (χ0) is 18.5. The van der Waals surface area contributed by atoms with Crippen molar-refractivity contribution in [2.75, 3.05) is 11.1 Å². The van der Waals surface area contributed by atoms with Gasteiger partial charge in [0.2, 0.25) is 11.1 Å². The number of carbonyl (C=O) groups excluding carboxylic acids is 1. The minimum atomic E-state index is -0.153. The topological polar surface area (TPSA) is 70.7 Å². The molecule has 0 saturated carbocycles. The Kier molecular flexibility index (Phi) is 5.96. The Hall–Kier alpha value is -2.31. The Morgan fingerprint density at radius 2 is 2.00 bits per heavy atom. The average Bonchev–Trinajstić information content (AvgIpc) is 3.11. The summed E-state index contributed by atoms with van der Waals surface area (Å²) in [4.78, 5) is 16.5. The van der Waals surface area contributed by atoms with Gasteiger partial charge in [-0.3, -0.25) is 9.89 Å². The molecule has 0 aliphatic rings. The predicted molar refractivity (Wildman–Crippen MR) is 107 cm³/mol. The summed E-state index contributed by atoms with van der Waals surface area (Å²) in [6.45, 7) is 4.07. The summed E-state index contributed by atoms with van der Waals surface area (Å²) in [5.41, 5.74) is 3.89. The Balaban J connectivity index is 1.58. The van der Waals surface area contributed by atoms with Crippen LogP contribution in [0, 0.1) is 6.92 Å². The minimum Gasteiger partial charge on any atom is -0.324 e. The molecule has 2 aromatic carbocycles. The van der Waals surface area contributed by atoms with Crippen LogP contribution in [0.3, 0.4) is 0 Å². The van der Waals surface area contributed by atoms with Gasteiger partial charge in [0, 0.05) is 5.56 Å². The van der Waals surface area contributed by atoms with Gasteiger partial charge < -0.3 is 5.32 Å². The number of carbonyl (C=O) groups is 1. The molecular formula is C19H19ClN4OS. The van der Waals surface area contributed by atoms with Crippen molar-refractivity contribution in [1.82, 2.24) is 15.2 Å². The van der Waals surface area contributed by atoms with E-state index in [1.165, 1.54) is 17.3 Å². The summed E-state index contributed by atoms with van der Waals surface area (Å²) in [5, 5.41) is 10.9. The largest absolute Gasteiger partial charge is 0.324 e. The number of amides is 1. The first-order valence-corrected chi connectivity index (χ1v) is 9.62. The first kappa shape index (κ1) is 18.5. The van der Waals surface area contributed by atoms with E-state index < -0.39 is 0 Å². The normalized spacial score (nSPS) is 10.7. The Labute approximate surface area is 161 Å². The van der Waals surface area contributed by atoms with E-state index in [1.807, 2.05) is 31.2 Å². The van der Waals surface area contributed by atoms with Gasteiger partial charge in [-0.05, 0) is 36.6 Å². The fourth-order valence-corrected chi connectivity index (χ4v) is 3.26. The van der Waals surface area contributed by atoms with Crippen molar-refractivity contribution in [3.8, 4) is 11.4 Å². The van der Waals surface area contributed by atoms with Crippen molar-refractivity contribution >= 4 is 35.0 Å². The molecule has 0 radical (unpaired) electrons. The van der Waals surface area contributed by atoms with E-state index in [4.69, 9.17) is 11.6 Å². The minimum absolute atomic E-state index is 0.153. The Bertz CT molecular complexity index is 908. The van der Waals surface area contributed by atoms with Crippen molar-refractivity contribution in [1.29, 1.82) is 0 Å². The highest BCUT2D eigenvalue weighted by Gasteiger charge is 2.10. The van der Waals surface area contributed by atoms with Gasteiger partial charge in [-0.25, -0.2) is 4.98 Å². The Morgan fingerprint density at radius 3 is 2.69 bits per heavy atom. The van der Waals surface area contributed by atoms with Crippen molar-refractivity contribution in [3.05, 3.63) is 58.6 Å². The third-order valence-electron chi connectivity index (χ3n) is 3.83. The number of aryl methyl sites for hydroxylation is 2. The van der Waals surface area contributed by atoms with E-state index in [-0.39, 0.29) is 11.7 Å². The van der Waals surface area contributed by atoms with E-state index in [2.05, 4.69) is 39.6 Å². The van der Waals surface area contributed by atoms with Crippen LogP contribution < -0.4 is 5.32 Å². The SMILES string of the molecule is CCc1ccc(-c2nc(SCC(=O)Nc3ccc(C)cc3Cl)n[nH]2)cc1. The summed E-state index contributed by atoms with van der Waals surface area (Å²) in [6.07, 6.45) is 0.998. The number of benzene rings is 2. The number of hydrogen-bond donors (Lipinski definition) is 2. The molecule has 1 heterocycles. The van der Waals surface area contributed by atoms with E-state index in [0.717, 1.165) is 17.5 Å². The molecule has 1 amide bonds. The number of rotatable bonds is 6. The average molecular weight is 387 g/mol. The molecule has 0 bridgehead atoms. The molecule has 3 rings (SSSR count). The lowest BCUT2D eigenvalue weighted by Crippen LogP contribution is -2.14. The number of H-pyrrole nitrogens is 1. The molecule has 0 spiro atoms. The molecule has 0 aliphatic heterocycles. The van der Waals surface area contributed by atoms with Gasteiger partial charge in [0.1, 0.15) is 0 Å². The summed E-state index contributed by atoms with van der Waals surface area (Å²) in [5.74, 6) is 0.743. The standard InChI is InChI=1S/C19H19ClN4OS/c1-3-13-5-7-14(8-6-13)18-22-19(24-23-18)26-11-17(25)21-16-9-4-12(2)10-15(16)20/h4-10H,3,11H2,1-2H3,(H,21,25)(H,22,23,24). The smallest absolute Gasteiger partial charge is 0.234 e. The van der Waals surface area contributed by atoms with Gasteiger partial charge in [0.05, 0.1) is 16.5 Å². The fraction of sp³-hybridized carbons (Fsp3) is 0.211. The van der Waals surface area contributed by atoms with E-state index in [0.29, 0.717) is 21.7 Å². The molecule has 26 heavy (non-hydrogen) atoms. The number of halogens is 1. The molecule has 7 heteroatoms.